The molecule has 112 valence electrons. The minimum atomic E-state index is -0.514. The lowest BCUT2D eigenvalue weighted by molar-refractivity contribution is -0.120. The molecule has 0 saturated heterocycles. The van der Waals surface area contributed by atoms with Gasteiger partial charge in [0, 0.05) is 5.39 Å². The van der Waals surface area contributed by atoms with E-state index in [4.69, 9.17) is 33.8 Å². The summed E-state index contributed by atoms with van der Waals surface area (Å²) < 4.78 is 5.77. The Labute approximate surface area is 134 Å². The molecule has 0 atom stereocenters. The van der Waals surface area contributed by atoms with Gasteiger partial charge in [0.2, 0.25) is 0 Å². The van der Waals surface area contributed by atoms with E-state index >= 15 is 0 Å². The number of hydrazine groups is 1. The van der Waals surface area contributed by atoms with Crippen LogP contribution in [0.5, 0.6) is 5.75 Å². The Morgan fingerprint density at radius 2 is 2.05 bits per heavy atom. The van der Waals surface area contributed by atoms with Gasteiger partial charge in [0.05, 0.1) is 23.4 Å². The van der Waals surface area contributed by atoms with Crippen LogP contribution < -0.4 is 21.3 Å². The number of methoxy groups -OCH3 is 1. The lowest BCUT2D eigenvalue weighted by Gasteiger charge is -2.02. The summed E-state index contributed by atoms with van der Waals surface area (Å²) in [7, 11) is 1.50. The Balaban J connectivity index is 2.37. The van der Waals surface area contributed by atoms with Gasteiger partial charge in [-0.2, -0.15) is 0 Å². The summed E-state index contributed by atoms with van der Waals surface area (Å²) in [6, 6.07) is 3.40. The number of nitrogens with two attached hydrogens (primary N) is 1. The SMILES string of the molecule is COc1ccc2c(Cl)c(C(=O)NCC(=O)NN)sc2c1Cl. The van der Waals surface area contributed by atoms with Crippen molar-refractivity contribution in [1.29, 1.82) is 0 Å². The maximum atomic E-state index is 12.0. The van der Waals surface area contributed by atoms with E-state index in [1.54, 1.807) is 12.1 Å². The van der Waals surface area contributed by atoms with Crippen molar-refractivity contribution < 1.29 is 14.3 Å². The first-order chi connectivity index (χ1) is 9.99. The number of carbonyl (C=O) groups excluding carboxylic acids is 2. The molecule has 4 N–H and O–H groups in total. The first-order valence-electron chi connectivity index (χ1n) is 5.71. The van der Waals surface area contributed by atoms with Gasteiger partial charge in [-0.15, -0.1) is 11.3 Å². The number of ether oxygens (including phenoxy) is 1. The van der Waals surface area contributed by atoms with Crippen LogP contribution in [0.15, 0.2) is 12.1 Å². The molecule has 0 saturated carbocycles. The van der Waals surface area contributed by atoms with Crippen molar-refractivity contribution in [3.8, 4) is 5.75 Å². The van der Waals surface area contributed by atoms with Gasteiger partial charge in [-0.3, -0.25) is 15.0 Å². The third-order valence-corrected chi connectivity index (χ3v) is 4.91. The Morgan fingerprint density at radius 1 is 1.33 bits per heavy atom. The molecular weight excluding hydrogens is 337 g/mol. The van der Waals surface area contributed by atoms with Crippen LogP contribution in [0.4, 0.5) is 0 Å². The number of benzene rings is 1. The van der Waals surface area contributed by atoms with Gasteiger partial charge in [0.15, 0.2) is 0 Å². The molecule has 2 rings (SSSR count). The summed E-state index contributed by atoms with van der Waals surface area (Å²) in [5.41, 5.74) is 1.92. The highest BCUT2D eigenvalue weighted by Crippen LogP contribution is 2.42. The molecule has 0 aliphatic carbocycles. The highest BCUT2D eigenvalue weighted by atomic mass is 35.5. The normalized spacial score (nSPS) is 10.5. The second kappa shape index (κ2) is 6.48. The number of rotatable bonds is 4. The molecule has 1 aromatic carbocycles. The number of halogens is 2. The molecule has 6 nitrogen and oxygen atoms in total. The van der Waals surface area contributed by atoms with Gasteiger partial charge in [-0.1, -0.05) is 23.2 Å². The zero-order chi connectivity index (χ0) is 15.6. The zero-order valence-corrected chi connectivity index (χ0v) is 13.2. The minimum absolute atomic E-state index is 0.239. The summed E-state index contributed by atoms with van der Waals surface area (Å²) in [5.74, 6) is 4.45. The minimum Gasteiger partial charge on any atom is -0.495 e. The molecule has 0 bridgehead atoms. The largest absolute Gasteiger partial charge is 0.495 e. The first kappa shape index (κ1) is 15.8. The van der Waals surface area contributed by atoms with E-state index in [0.29, 0.717) is 20.9 Å². The van der Waals surface area contributed by atoms with Gasteiger partial charge in [0.25, 0.3) is 11.8 Å². The molecule has 2 aromatic rings. The van der Waals surface area contributed by atoms with Gasteiger partial charge in [0.1, 0.15) is 15.6 Å². The molecule has 0 aliphatic heterocycles. The predicted octanol–water partition coefficient (Wildman–Crippen LogP) is 1.94. The van der Waals surface area contributed by atoms with E-state index in [2.05, 4.69) is 5.32 Å². The van der Waals surface area contributed by atoms with Gasteiger partial charge in [-0.25, -0.2) is 5.84 Å². The van der Waals surface area contributed by atoms with Crippen molar-refractivity contribution in [2.75, 3.05) is 13.7 Å². The number of hydrogen-bond donors (Lipinski definition) is 3. The van der Waals surface area contributed by atoms with Gasteiger partial charge >= 0.3 is 0 Å². The first-order valence-corrected chi connectivity index (χ1v) is 7.29. The smallest absolute Gasteiger partial charge is 0.263 e. The fourth-order valence-corrected chi connectivity index (χ4v) is 3.49. The number of carbonyl (C=O) groups is 2. The van der Waals surface area contributed by atoms with E-state index in [1.165, 1.54) is 7.11 Å². The van der Waals surface area contributed by atoms with Crippen LogP contribution in [0, 0.1) is 0 Å². The summed E-state index contributed by atoms with van der Waals surface area (Å²) >= 11 is 13.5. The molecule has 0 spiro atoms. The number of amides is 2. The van der Waals surface area contributed by atoms with Crippen LogP contribution in [0.25, 0.3) is 10.1 Å². The van der Waals surface area contributed by atoms with Crippen LogP contribution in [0.1, 0.15) is 9.67 Å². The van der Waals surface area contributed by atoms with Crippen molar-refractivity contribution in [3.05, 3.63) is 27.1 Å². The van der Waals surface area contributed by atoms with Crippen molar-refractivity contribution in [3.63, 3.8) is 0 Å². The molecule has 2 amide bonds. The van der Waals surface area contributed by atoms with Crippen LogP contribution in [-0.4, -0.2) is 25.5 Å². The third kappa shape index (κ3) is 3.06. The fourth-order valence-electron chi connectivity index (χ4n) is 1.68. The summed E-state index contributed by atoms with van der Waals surface area (Å²) in [4.78, 5) is 23.3. The molecule has 21 heavy (non-hydrogen) atoms. The molecule has 1 aromatic heterocycles. The lowest BCUT2D eigenvalue weighted by atomic mass is 10.2. The van der Waals surface area contributed by atoms with Crippen molar-refractivity contribution in [2.45, 2.75) is 0 Å². The maximum Gasteiger partial charge on any atom is 0.263 e. The summed E-state index contributed by atoms with van der Waals surface area (Å²) in [6.45, 7) is -0.239. The monoisotopic (exact) mass is 347 g/mol. The molecule has 9 heteroatoms. The highest BCUT2D eigenvalue weighted by molar-refractivity contribution is 7.22. The molecule has 0 aliphatic rings. The second-order valence-corrected chi connectivity index (χ2v) is 5.73. The van der Waals surface area contributed by atoms with E-state index in [9.17, 15) is 9.59 Å². The van der Waals surface area contributed by atoms with Crippen LogP contribution in [0.3, 0.4) is 0 Å². The van der Waals surface area contributed by atoms with E-state index < -0.39 is 11.8 Å². The highest BCUT2D eigenvalue weighted by Gasteiger charge is 2.20. The molecule has 0 unspecified atom stereocenters. The maximum absolute atomic E-state index is 12.0. The number of nitrogens with one attached hydrogen (secondary N) is 2. The number of hydrogen-bond acceptors (Lipinski definition) is 5. The predicted molar refractivity (Wildman–Crippen MR) is 83.1 cm³/mol. The molecule has 0 radical (unpaired) electrons. The lowest BCUT2D eigenvalue weighted by Crippen LogP contribution is -2.40. The average molecular weight is 348 g/mol. The van der Waals surface area contributed by atoms with Crippen molar-refractivity contribution in [1.82, 2.24) is 10.7 Å². The molecule has 1 heterocycles. The Hall–Kier alpha value is -1.54. The van der Waals surface area contributed by atoms with Crippen LogP contribution >= 0.6 is 34.5 Å². The Kier molecular flexibility index (Phi) is 4.89. The Bertz CT molecular complexity index is 717. The quantitative estimate of drug-likeness (QED) is 0.447. The number of thiophene rings is 1. The van der Waals surface area contributed by atoms with E-state index in [1.807, 2.05) is 5.43 Å². The van der Waals surface area contributed by atoms with E-state index in [0.717, 1.165) is 11.3 Å². The Morgan fingerprint density at radius 3 is 2.67 bits per heavy atom. The molecule has 0 fully saturated rings. The standard InChI is InChI=1S/C12H11Cl2N3O3S/c1-20-6-3-2-5-8(13)11(21-10(5)9(6)14)12(19)16-4-7(18)17-15/h2-3H,4,15H2,1H3,(H,16,19)(H,17,18). The van der Waals surface area contributed by atoms with Crippen molar-refractivity contribution >= 4 is 56.4 Å². The van der Waals surface area contributed by atoms with Crippen LogP contribution in [-0.2, 0) is 4.79 Å². The summed E-state index contributed by atoms with van der Waals surface area (Å²) in [6.07, 6.45) is 0. The number of fused-ring (bicyclic) bond motifs is 1. The average Bonchev–Trinajstić information content (AvgIpc) is 2.83. The van der Waals surface area contributed by atoms with Gasteiger partial charge in [-0.05, 0) is 12.1 Å². The fraction of sp³-hybridized carbons (Fsp3) is 0.167. The second-order valence-electron chi connectivity index (χ2n) is 3.95. The third-order valence-electron chi connectivity index (χ3n) is 2.70. The molecular formula is C12H11Cl2N3O3S. The zero-order valence-electron chi connectivity index (χ0n) is 10.8. The van der Waals surface area contributed by atoms with Gasteiger partial charge < -0.3 is 10.1 Å². The van der Waals surface area contributed by atoms with Crippen LogP contribution in [0.2, 0.25) is 10.0 Å². The topological polar surface area (TPSA) is 93.4 Å². The van der Waals surface area contributed by atoms with E-state index in [-0.39, 0.29) is 16.4 Å². The summed E-state index contributed by atoms with van der Waals surface area (Å²) in [5, 5.41) is 3.75. The van der Waals surface area contributed by atoms with Crippen molar-refractivity contribution in [2.24, 2.45) is 5.84 Å².